The molecule has 1 saturated heterocycles. The van der Waals surface area contributed by atoms with Crippen LogP contribution in [0, 0.1) is 10.1 Å². The average molecular weight is 290 g/mol. The monoisotopic (exact) mass is 290 g/mol. The van der Waals surface area contributed by atoms with E-state index in [-0.39, 0.29) is 16.2 Å². The zero-order valence-electron chi connectivity index (χ0n) is 12.2. The molecule has 2 fully saturated rings. The van der Waals surface area contributed by atoms with Crippen molar-refractivity contribution in [2.24, 2.45) is 0 Å². The number of hydrogen-bond acceptors (Lipinski definition) is 4. The van der Waals surface area contributed by atoms with Crippen LogP contribution >= 0.6 is 0 Å². The lowest BCUT2D eigenvalue weighted by Crippen LogP contribution is -2.30. The van der Waals surface area contributed by atoms with Crippen LogP contribution in [0.4, 0.5) is 5.69 Å². The number of ether oxygens (including phenoxy) is 1. The maximum atomic E-state index is 10.7. The van der Waals surface area contributed by atoms with Crippen LogP contribution in [0.5, 0.6) is 0 Å². The zero-order chi connectivity index (χ0) is 14.7. The van der Waals surface area contributed by atoms with E-state index < -0.39 is 0 Å². The Labute approximate surface area is 124 Å². The summed E-state index contributed by atoms with van der Waals surface area (Å²) < 4.78 is 6.24. The molecule has 1 aliphatic heterocycles. The van der Waals surface area contributed by atoms with Crippen LogP contribution in [-0.4, -0.2) is 23.2 Å². The van der Waals surface area contributed by atoms with E-state index in [4.69, 9.17) is 4.74 Å². The summed E-state index contributed by atoms with van der Waals surface area (Å²) in [5.74, 6) is 0. The fourth-order valence-electron chi connectivity index (χ4n) is 3.58. The Bertz CT molecular complexity index is 512. The number of benzene rings is 1. The highest BCUT2D eigenvalue weighted by molar-refractivity contribution is 5.34. The van der Waals surface area contributed by atoms with Crippen LogP contribution in [0.3, 0.4) is 0 Å². The van der Waals surface area contributed by atoms with E-state index >= 15 is 0 Å². The normalized spacial score (nSPS) is 23.7. The second kappa shape index (κ2) is 6.12. The highest BCUT2D eigenvalue weighted by atomic mass is 16.6. The second-order valence-electron chi connectivity index (χ2n) is 6.23. The van der Waals surface area contributed by atoms with Crippen LogP contribution in [-0.2, 0) is 11.3 Å². The van der Waals surface area contributed by atoms with Gasteiger partial charge in [0.15, 0.2) is 0 Å². The molecular formula is C16H22N2O3. The highest BCUT2D eigenvalue weighted by Gasteiger charge is 2.41. The van der Waals surface area contributed by atoms with Gasteiger partial charge in [-0.3, -0.25) is 10.1 Å². The van der Waals surface area contributed by atoms with E-state index in [2.05, 4.69) is 5.32 Å². The molecule has 114 valence electrons. The Morgan fingerprint density at radius 1 is 1.33 bits per heavy atom. The molecule has 1 heterocycles. The molecule has 1 atom stereocenters. The molecule has 5 nitrogen and oxygen atoms in total. The minimum atomic E-state index is -0.354. The van der Waals surface area contributed by atoms with Crippen LogP contribution < -0.4 is 5.32 Å². The molecule has 2 aliphatic rings. The van der Waals surface area contributed by atoms with Gasteiger partial charge in [-0.15, -0.1) is 0 Å². The van der Waals surface area contributed by atoms with E-state index in [1.165, 1.54) is 38.2 Å². The van der Waals surface area contributed by atoms with Crippen molar-refractivity contribution < 1.29 is 9.66 Å². The summed E-state index contributed by atoms with van der Waals surface area (Å²) >= 11 is 0. The summed E-state index contributed by atoms with van der Waals surface area (Å²) in [4.78, 5) is 10.4. The smallest absolute Gasteiger partial charge is 0.269 e. The van der Waals surface area contributed by atoms with Gasteiger partial charge in [-0.2, -0.15) is 0 Å². The lowest BCUT2D eigenvalue weighted by atomic mass is 9.98. The molecule has 5 heteroatoms. The number of nitro benzene ring substituents is 1. The predicted molar refractivity (Wildman–Crippen MR) is 80.1 cm³/mol. The Hall–Kier alpha value is -1.46. The first-order valence-electron chi connectivity index (χ1n) is 7.79. The van der Waals surface area contributed by atoms with Crippen molar-refractivity contribution in [3.8, 4) is 0 Å². The summed E-state index contributed by atoms with van der Waals surface area (Å²) in [5, 5.41) is 14.1. The number of rotatable bonds is 5. The third-order valence-electron chi connectivity index (χ3n) is 4.68. The number of nitrogens with zero attached hydrogens (tertiary/aromatic N) is 1. The summed E-state index contributed by atoms with van der Waals surface area (Å²) in [6.45, 7) is 1.47. The van der Waals surface area contributed by atoms with Crippen molar-refractivity contribution in [3.05, 3.63) is 39.9 Å². The summed E-state index contributed by atoms with van der Waals surface area (Å²) in [5.41, 5.74) is 1.27. The molecule has 1 saturated carbocycles. The molecule has 0 radical (unpaired) electrons. The Kier molecular flexibility index (Phi) is 4.22. The second-order valence-corrected chi connectivity index (χ2v) is 6.23. The molecular weight excluding hydrogens is 268 g/mol. The van der Waals surface area contributed by atoms with E-state index in [9.17, 15) is 10.1 Å². The molecule has 1 N–H and O–H groups in total. The molecule has 1 aromatic carbocycles. The molecule has 0 bridgehead atoms. The minimum absolute atomic E-state index is 0.149. The quantitative estimate of drug-likeness (QED) is 0.668. The van der Waals surface area contributed by atoms with E-state index in [0.717, 1.165) is 18.5 Å². The minimum Gasteiger partial charge on any atom is -0.370 e. The zero-order valence-corrected chi connectivity index (χ0v) is 12.2. The molecule has 1 spiro atoms. The van der Waals surface area contributed by atoms with Gasteiger partial charge in [0.05, 0.1) is 16.6 Å². The summed E-state index contributed by atoms with van der Waals surface area (Å²) in [6.07, 6.45) is 7.64. The van der Waals surface area contributed by atoms with Crippen molar-refractivity contribution in [2.45, 2.75) is 56.8 Å². The van der Waals surface area contributed by atoms with Gasteiger partial charge in [0.25, 0.3) is 5.69 Å². The van der Waals surface area contributed by atoms with Gasteiger partial charge in [0.1, 0.15) is 0 Å². The average Bonchev–Trinajstić information content (AvgIpc) is 3.10. The molecule has 3 rings (SSSR count). The van der Waals surface area contributed by atoms with Crippen molar-refractivity contribution in [1.82, 2.24) is 5.32 Å². The first-order valence-corrected chi connectivity index (χ1v) is 7.79. The first-order chi connectivity index (χ1) is 10.2. The van der Waals surface area contributed by atoms with Gasteiger partial charge >= 0.3 is 0 Å². The van der Waals surface area contributed by atoms with Crippen molar-refractivity contribution >= 4 is 5.69 Å². The molecule has 0 amide bonds. The fourth-order valence-corrected chi connectivity index (χ4v) is 3.58. The molecule has 1 aliphatic carbocycles. The number of nitrogens with one attached hydrogen (secondary N) is 1. The summed E-state index contributed by atoms with van der Waals surface area (Å²) in [7, 11) is 0. The van der Waals surface area contributed by atoms with Crippen molar-refractivity contribution in [2.75, 3.05) is 6.54 Å². The first kappa shape index (κ1) is 14.5. The maximum absolute atomic E-state index is 10.7. The van der Waals surface area contributed by atoms with Crippen LogP contribution in [0.1, 0.15) is 44.1 Å². The summed E-state index contributed by atoms with van der Waals surface area (Å²) in [6, 6.07) is 6.79. The maximum Gasteiger partial charge on any atom is 0.269 e. The van der Waals surface area contributed by atoms with Crippen LogP contribution in [0.2, 0.25) is 0 Å². The van der Waals surface area contributed by atoms with Crippen molar-refractivity contribution in [3.63, 3.8) is 0 Å². The number of non-ortho nitro benzene ring substituents is 1. The van der Waals surface area contributed by atoms with Gasteiger partial charge in [0.2, 0.25) is 0 Å². The third-order valence-corrected chi connectivity index (χ3v) is 4.68. The predicted octanol–water partition coefficient (Wildman–Crippen LogP) is 3.18. The molecule has 1 unspecified atom stereocenters. The number of hydrogen-bond donors (Lipinski definition) is 1. The standard InChI is InChI=1S/C16H22N2O3/c19-18(20)14-5-3-4-13(10-14)11-17-12-15-6-9-16(21-15)7-1-2-8-16/h3-5,10,15,17H,1-2,6-9,11-12H2. The molecule has 1 aromatic rings. The van der Waals surface area contributed by atoms with Crippen molar-refractivity contribution in [1.29, 1.82) is 0 Å². The molecule has 21 heavy (non-hydrogen) atoms. The van der Waals surface area contributed by atoms with E-state index in [1.54, 1.807) is 12.1 Å². The Morgan fingerprint density at radius 2 is 2.14 bits per heavy atom. The van der Waals surface area contributed by atoms with Gasteiger partial charge in [0, 0.05) is 25.2 Å². The van der Waals surface area contributed by atoms with Crippen LogP contribution in [0.15, 0.2) is 24.3 Å². The number of nitro groups is 1. The van der Waals surface area contributed by atoms with Gasteiger partial charge < -0.3 is 10.1 Å². The highest BCUT2D eigenvalue weighted by Crippen LogP contribution is 2.43. The van der Waals surface area contributed by atoms with E-state index in [0.29, 0.717) is 12.6 Å². The van der Waals surface area contributed by atoms with Crippen LogP contribution in [0.25, 0.3) is 0 Å². The van der Waals surface area contributed by atoms with Gasteiger partial charge in [-0.05, 0) is 31.2 Å². The third kappa shape index (κ3) is 3.41. The Balaban J connectivity index is 1.46. The lowest BCUT2D eigenvalue weighted by molar-refractivity contribution is -0.384. The topological polar surface area (TPSA) is 64.4 Å². The largest absolute Gasteiger partial charge is 0.370 e. The van der Waals surface area contributed by atoms with Gasteiger partial charge in [-0.1, -0.05) is 25.0 Å². The van der Waals surface area contributed by atoms with Gasteiger partial charge in [-0.25, -0.2) is 0 Å². The van der Waals surface area contributed by atoms with E-state index in [1.807, 2.05) is 6.07 Å². The Morgan fingerprint density at radius 3 is 2.90 bits per heavy atom. The molecule has 0 aromatic heterocycles. The lowest BCUT2D eigenvalue weighted by Gasteiger charge is -2.23. The fraction of sp³-hybridized carbons (Fsp3) is 0.625. The SMILES string of the molecule is O=[N+]([O-])c1cccc(CNCC2CCC3(CCCC3)O2)c1.